The van der Waals surface area contributed by atoms with E-state index in [2.05, 4.69) is 20.9 Å². The lowest BCUT2D eigenvalue weighted by molar-refractivity contribution is -0.122. The van der Waals surface area contributed by atoms with Crippen molar-refractivity contribution in [2.45, 2.75) is 25.4 Å². The highest BCUT2D eigenvalue weighted by Crippen LogP contribution is 2.19. The average Bonchev–Trinajstić information content (AvgIpc) is 3.15. The number of para-hydroxylation sites is 1. The summed E-state index contributed by atoms with van der Waals surface area (Å²) in [5.74, 6) is -0.319. The Labute approximate surface area is 169 Å². The number of H-pyrrole nitrogens is 1. The van der Waals surface area contributed by atoms with Gasteiger partial charge in [-0.3, -0.25) is 4.79 Å². The molecule has 1 heterocycles. The van der Waals surface area contributed by atoms with Gasteiger partial charge in [0.2, 0.25) is 5.91 Å². The van der Waals surface area contributed by atoms with E-state index in [1.165, 1.54) is 0 Å². The molecule has 1 unspecified atom stereocenters. The minimum atomic E-state index is -0.760. The van der Waals surface area contributed by atoms with E-state index in [9.17, 15) is 9.59 Å². The lowest BCUT2D eigenvalue weighted by atomic mass is 10.0. The molecule has 148 valence electrons. The smallest absolute Gasteiger partial charge is 0.315 e. The zero-order chi connectivity index (χ0) is 20.5. The van der Waals surface area contributed by atoms with Crippen LogP contribution in [0.2, 0.25) is 0 Å². The minimum absolute atomic E-state index is 0.214. The molecule has 29 heavy (non-hydrogen) atoms. The number of nitriles is 1. The number of aromatic amines is 1. The quantitative estimate of drug-likeness (QED) is 0.445. The molecule has 0 spiro atoms. The van der Waals surface area contributed by atoms with E-state index in [1.54, 1.807) is 0 Å². The van der Waals surface area contributed by atoms with Crippen LogP contribution in [0.3, 0.4) is 0 Å². The number of hydrogen-bond donors (Lipinski definition) is 4. The standard InChI is InChI=1S/C22H23N5O2/c23-11-6-12-24-21(28)20(13-17-15-25-19-10-5-4-9-18(17)19)27-22(29)26-14-16-7-2-1-3-8-16/h1-5,7-10,15,20,25H,6,12-14H2,(H,24,28)(H2,26,27,29). The summed E-state index contributed by atoms with van der Waals surface area (Å²) in [6, 6.07) is 18.1. The second-order valence-electron chi connectivity index (χ2n) is 6.63. The van der Waals surface area contributed by atoms with Crippen LogP contribution in [0, 0.1) is 11.3 Å². The van der Waals surface area contributed by atoms with Crippen molar-refractivity contribution in [1.82, 2.24) is 20.9 Å². The summed E-state index contributed by atoms with van der Waals surface area (Å²) in [5, 5.41) is 17.9. The Morgan fingerprint density at radius 2 is 1.79 bits per heavy atom. The van der Waals surface area contributed by atoms with Gasteiger partial charge in [0.1, 0.15) is 6.04 Å². The van der Waals surface area contributed by atoms with E-state index in [4.69, 9.17) is 5.26 Å². The number of nitrogens with one attached hydrogen (secondary N) is 4. The fraction of sp³-hybridized carbons (Fsp3) is 0.227. The van der Waals surface area contributed by atoms with Gasteiger partial charge in [0.05, 0.1) is 12.5 Å². The number of carbonyl (C=O) groups is 2. The molecule has 0 fully saturated rings. The van der Waals surface area contributed by atoms with Crippen LogP contribution in [0.15, 0.2) is 60.8 Å². The number of amides is 3. The second kappa shape index (κ2) is 9.95. The lowest BCUT2D eigenvalue weighted by Crippen LogP contribution is -2.51. The van der Waals surface area contributed by atoms with Crippen molar-refractivity contribution in [2.75, 3.05) is 6.54 Å². The predicted molar refractivity (Wildman–Crippen MR) is 111 cm³/mol. The molecule has 0 aliphatic heterocycles. The maximum atomic E-state index is 12.6. The Morgan fingerprint density at radius 1 is 1.03 bits per heavy atom. The number of fused-ring (bicyclic) bond motifs is 1. The fourth-order valence-electron chi connectivity index (χ4n) is 3.08. The van der Waals surface area contributed by atoms with E-state index in [-0.39, 0.29) is 18.9 Å². The predicted octanol–water partition coefficient (Wildman–Crippen LogP) is 2.61. The summed E-state index contributed by atoms with van der Waals surface area (Å²) in [7, 11) is 0. The Hall–Kier alpha value is -3.79. The molecule has 0 saturated heterocycles. The van der Waals surface area contributed by atoms with E-state index in [1.807, 2.05) is 66.9 Å². The Kier molecular flexibility index (Phi) is 6.85. The molecular weight excluding hydrogens is 366 g/mol. The lowest BCUT2D eigenvalue weighted by Gasteiger charge is -2.18. The summed E-state index contributed by atoms with van der Waals surface area (Å²) in [6.07, 6.45) is 2.40. The normalized spacial score (nSPS) is 11.4. The number of carbonyl (C=O) groups excluding carboxylic acids is 2. The van der Waals surface area contributed by atoms with Crippen LogP contribution in [0.5, 0.6) is 0 Å². The van der Waals surface area contributed by atoms with Gasteiger partial charge in [-0.25, -0.2) is 4.79 Å². The van der Waals surface area contributed by atoms with E-state index in [0.717, 1.165) is 22.0 Å². The molecule has 0 bridgehead atoms. The highest BCUT2D eigenvalue weighted by molar-refractivity contribution is 5.89. The fourth-order valence-corrected chi connectivity index (χ4v) is 3.08. The van der Waals surface area contributed by atoms with E-state index in [0.29, 0.717) is 13.0 Å². The first-order valence-corrected chi connectivity index (χ1v) is 9.45. The minimum Gasteiger partial charge on any atom is -0.361 e. The summed E-state index contributed by atoms with van der Waals surface area (Å²) < 4.78 is 0. The second-order valence-corrected chi connectivity index (χ2v) is 6.63. The van der Waals surface area contributed by atoms with Crippen LogP contribution in [0.25, 0.3) is 10.9 Å². The monoisotopic (exact) mass is 389 g/mol. The maximum Gasteiger partial charge on any atom is 0.315 e. The van der Waals surface area contributed by atoms with Crippen molar-refractivity contribution >= 4 is 22.8 Å². The van der Waals surface area contributed by atoms with E-state index < -0.39 is 12.1 Å². The number of benzene rings is 2. The van der Waals surface area contributed by atoms with Gasteiger partial charge in [0, 0.05) is 36.6 Å². The van der Waals surface area contributed by atoms with Crippen LogP contribution in [-0.2, 0) is 17.8 Å². The molecule has 2 aromatic carbocycles. The largest absolute Gasteiger partial charge is 0.361 e. The number of aromatic nitrogens is 1. The number of nitrogens with zero attached hydrogens (tertiary/aromatic N) is 1. The molecule has 0 saturated carbocycles. The van der Waals surface area contributed by atoms with Gasteiger partial charge in [-0.2, -0.15) is 5.26 Å². The van der Waals surface area contributed by atoms with Gasteiger partial charge >= 0.3 is 6.03 Å². The first-order valence-electron chi connectivity index (χ1n) is 9.45. The number of hydrogen-bond acceptors (Lipinski definition) is 3. The third kappa shape index (κ3) is 5.59. The maximum absolute atomic E-state index is 12.6. The van der Waals surface area contributed by atoms with Crippen molar-refractivity contribution < 1.29 is 9.59 Å². The highest BCUT2D eigenvalue weighted by atomic mass is 16.2. The highest BCUT2D eigenvalue weighted by Gasteiger charge is 2.22. The SMILES string of the molecule is N#CCCNC(=O)C(Cc1c[nH]c2ccccc12)NC(=O)NCc1ccccc1. The molecule has 0 aliphatic rings. The number of rotatable bonds is 8. The molecule has 3 rings (SSSR count). The average molecular weight is 389 g/mol. The summed E-state index contributed by atoms with van der Waals surface area (Å²) in [4.78, 5) is 28.2. The van der Waals surface area contributed by atoms with E-state index >= 15 is 0 Å². The molecule has 4 N–H and O–H groups in total. The van der Waals surface area contributed by atoms with Crippen LogP contribution in [0.1, 0.15) is 17.5 Å². The van der Waals surface area contributed by atoms with Crippen LogP contribution < -0.4 is 16.0 Å². The molecule has 0 aliphatic carbocycles. The first kappa shape index (κ1) is 20.0. The third-order valence-electron chi connectivity index (χ3n) is 4.55. The summed E-state index contributed by atoms with van der Waals surface area (Å²) >= 11 is 0. The van der Waals surface area contributed by atoms with Crippen molar-refractivity contribution in [2.24, 2.45) is 0 Å². The van der Waals surface area contributed by atoms with Gasteiger partial charge in [-0.1, -0.05) is 48.5 Å². The Balaban J connectivity index is 1.67. The van der Waals surface area contributed by atoms with Crippen molar-refractivity contribution in [3.63, 3.8) is 0 Å². The Morgan fingerprint density at radius 3 is 2.59 bits per heavy atom. The van der Waals surface area contributed by atoms with Gasteiger partial charge in [0.15, 0.2) is 0 Å². The zero-order valence-corrected chi connectivity index (χ0v) is 15.9. The van der Waals surface area contributed by atoms with Crippen LogP contribution in [0.4, 0.5) is 4.79 Å². The molecule has 7 nitrogen and oxygen atoms in total. The molecule has 0 radical (unpaired) electrons. The Bertz CT molecular complexity index is 1010. The van der Waals surface area contributed by atoms with Crippen molar-refractivity contribution in [3.8, 4) is 6.07 Å². The van der Waals surface area contributed by atoms with Crippen LogP contribution >= 0.6 is 0 Å². The number of urea groups is 1. The molecular formula is C22H23N5O2. The zero-order valence-electron chi connectivity index (χ0n) is 15.9. The van der Waals surface area contributed by atoms with Gasteiger partial charge < -0.3 is 20.9 Å². The third-order valence-corrected chi connectivity index (χ3v) is 4.55. The molecule has 1 atom stereocenters. The molecule has 1 aromatic heterocycles. The first-order chi connectivity index (χ1) is 14.2. The van der Waals surface area contributed by atoms with Crippen molar-refractivity contribution in [3.05, 3.63) is 71.9 Å². The summed E-state index contributed by atoms with van der Waals surface area (Å²) in [5.41, 5.74) is 2.87. The van der Waals surface area contributed by atoms with Crippen molar-refractivity contribution in [1.29, 1.82) is 5.26 Å². The molecule has 7 heteroatoms. The van der Waals surface area contributed by atoms with Gasteiger partial charge in [0.25, 0.3) is 0 Å². The topological polar surface area (TPSA) is 110 Å². The van der Waals surface area contributed by atoms with Crippen LogP contribution in [-0.4, -0.2) is 29.5 Å². The summed E-state index contributed by atoms with van der Waals surface area (Å²) in [6.45, 7) is 0.607. The van der Waals surface area contributed by atoms with Gasteiger partial charge in [-0.15, -0.1) is 0 Å². The van der Waals surface area contributed by atoms with Gasteiger partial charge in [-0.05, 0) is 17.2 Å². The molecule has 3 amide bonds. The molecule has 3 aromatic rings.